The van der Waals surface area contributed by atoms with Gasteiger partial charge in [0.05, 0.1) is 10.5 Å². The molecule has 0 aliphatic heterocycles. The van der Waals surface area contributed by atoms with Gasteiger partial charge in [0.25, 0.3) is 5.69 Å². The average molecular weight is 422 g/mol. The molecule has 0 saturated heterocycles. The summed E-state index contributed by atoms with van der Waals surface area (Å²) < 4.78 is 0. The van der Waals surface area contributed by atoms with Crippen molar-refractivity contribution < 1.29 is 19.3 Å². The Balaban J connectivity index is 1.86. The number of nitro groups is 1. The summed E-state index contributed by atoms with van der Waals surface area (Å²) in [6, 6.07) is 13.1. The second-order valence-corrected chi connectivity index (χ2v) is 7.71. The highest BCUT2D eigenvalue weighted by atomic mass is 16.7. The fraction of sp³-hybridized carbons (Fsp3) is 0.375. The molecule has 0 aromatic heterocycles. The van der Waals surface area contributed by atoms with Crippen molar-refractivity contribution in [1.29, 1.82) is 0 Å². The number of Topliss-reactive ketones (excluding diaryl/α,β-unsaturated/α-hetero) is 1. The van der Waals surface area contributed by atoms with E-state index < -0.39 is 10.9 Å². The molecule has 0 amide bonds. The maximum absolute atomic E-state index is 13.2. The first-order valence-corrected chi connectivity index (χ1v) is 10.7. The molecule has 31 heavy (non-hydrogen) atoms. The van der Waals surface area contributed by atoms with Gasteiger partial charge in [0.2, 0.25) is 5.78 Å². The van der Waals surface area contributed by atoms with Crippen LogP contribution in [0.4, 0.5) is 5.69 Å². The topological polar surface area (TPSA) is 98.9 Å². The van der Waals surface area contributed by atoms with Crippen molar-refractivity contribution in [3.63, 3.8) is 0 Å². The molecule has 0 heterocycles. The van der Waals surface area contributed by atoms with E-state index in [0.717, 1.165) is 32.1 Å². The Morgan fingerprint density at radius 2 is 1.74 bits per heavy atom. The summed E-state index contributed by atoms with van der Waals surface area (Å²) in [5, 5.41) is 15.3. The van der Waals surface area contributed by atoms with Gasteiger partial charge in [-0.2, -0.15) is 0 Å². The minimum atomic E-state index is -0.449. The maximum Gasteiger partial charge on any atom is 0.335 e. The predicted octanol–water partition coefficient (Wildman–Crippen LogP) is 5.72. The molecule has 1 aliphatic carbocycles. The van der Waals surface area contributed by atoms with E-state index in [1.165, 1.54) is 6.07 Å². The molecule has 1 saturated carbocycles. The van der Waals surface area contributed by atoms with Gasteiger partial charge in [-0.25, -0.2) is 4.79 Å². The molecule has 0 radical (unpaired) electrons. The summed E-state index contributed by atoms with van der Waals surface area (Å²) in [7, 11) is 0. The van der Waals surface area contributed by atoms with Gasteiger partial charge in [-0.3, -0.25) is 14.9 Å². The molecular formula is C24H26N2O5. The number of nitro benzene ring substituents is 1. The molecule has 7 nitrogen and oxygen atoms in total. The zero-order valence-electron chi connectivity index (χ0n) is 17.6. The van der Waals surface area contributed by atoms with Gasteiger partial charge in [-0.05, 0) is 30.9 Å². The van der Waals surface area contributed by atoms with Crippen molar-refractivity contribution in [3.8, 4) is 11.1 Å². The quantitative estimate of drug-likeness (QED) is 0.178. The number of hydrogen-bond acceptors (Lipinski definition) is 6. The third-order valence-electron chi connectivity index (χ3n) is 5.48. The molecular weight excluding hydrogens is 396 g/mol. The average Bonchev–Trinajstić information content (AvgIpc) is 2.80. The zero-order valence-corrected chi connectivity index (χ0v) is 17.6. The lowest BCUT2D eigenvalue weighted by Crippen LogP contribution is -2.27. The fourth-order valence-electron chi connectivity index (χ4n) is 3.85. The minimum Gasteiger partial charge on any atom is -0.318 e. The summed E-state index contributed by atoms with van der Waals surface area (Å²) in [5.41, 5.74) is 1.84. The van der Waals surface area contributed by atoms with E-state index in [1.807, 2.05) is 6.92 Å². The number of ketones is 1. The second kappa shape index (κ2) is 10.6. The van der Waals surface area contributed by atoms with Gasteiger partial charge in [0, 0.05) is 24.0 Å². The molecule has 2 aromatic carbocycles. The zero-order chi connectivity index (χ0) is 22.2. The summed E-state index contributed by atoms with van der Waals surface area (Å²) >= 11 is 0. The minimum absolute atomic E-state index is 0.00821. The van der Waals surface area contributed by atoms with E-state index in [0.29, 0.717) is 23.1 Å². The number of para-hydroxylation sites is 1. The number of oxime groups is 1. The predicted molar refractivity (Wildman–Crippen MR) is 118 cm³/mol. The van der Waals surface area contributed by atoms with E-state index in [1.54, 1.807) is 42.5 Å². The van der Waals surface area contributed by atoms with Gasteiger partial charge in [0.15, 0.2) is 0 Å². The molecule has 1 aliphatic rings. The highest BCUT2D eigenvalue weighted by Gasteiger charge is 2.27. The first-order chi connectivity index (χ1) is 15.0. The Bertz CT molecular complexity index is 976. The molecule has 7 heteroatoms. The van der Waals surface area contributed by atoms with Crippen LogP contribution in [0.2, 0.25) is 0 Å². The van der Waals surface area contributed by atoms with E-state index >= 15 is 0 Å². The lowest BCUT2D eigenvalue weighted by Gasteiger charge is -2.22. The molecule has 0 atom stereocenters. The first-order valence-electron chi connectivity index (χ1n) is 10.7. The van der Waals surface area contributed by atoms with Crippen LogP contribution in [0.25, 0.3) is 11.1 Å². The van der Waals surface area contributed by atoms with Crippen molar-refractivity contribution in [3.05, 3.63) is 64.2 Å². The van der Waals surface area contributed by atoms with Crippen molar-refractivity contribution in [2.45, 2.75) is 51.9 Å². The van der Waals surface area contributed by atoms with Crippen molar-refractivity contribution in [2.24, 2.45) is 11.1 Å². The van der Waals surface area contributed by atoms with Crippen LogP contribution in [0.1, 0.15) is 62.2 Å². The largest absolute Gasteiger partial charge is 0.335 e. The van der Waals surface area contributed by atoms with Gasteiger partial charge < -0.3 is 4.84 Å². The van der Waals surface area contributed by atoms with E-state index in [2.05, 4.69) is 5.16 Å². The Morgan fingerprint density at radius 1 is 1.06 bits per heavy atom. The number of carbonyl (C=O) groups is 2. The van der Waals surface area contributed by atoms with Gasteiger partial charge >= 0.3 is 5.97 Å². The molecule has 0 bridgehead atoms. The standard InChI is InChI=1S/C24H26N2O5/c1-2-8-22(27)31-25-23(18-9-4-3-5-10-18)24(28)19-15-13-17(14-16-19)20-11-6-7-12-21(20)26(29)30/h6-7,11-16,18H,2-5,8-10H2,1H3/b25-23-. The SMILES string of the molecule is CCCC(=O)O/N=C(\C(=O)c1ccc(-c2ccccc2[N+](=O)[O-])cc1)C1CCCCC1. The number of hydrogen-bond donors (Lipinski definition) is 0. The fourth-order valence-corrected chi connectivity index (χ4v) is 3.85. The number of nitrogens with zero attached hydrogens (tertiary/aromatic N) is 2. The Hall–Kier alpha value is -3.35. The highest BCUT2D eigenvalue weighted by molar-refractivity contribution is 6.46. The van der Waals surface area contributed by atoms with Crippen LogP contribution in [0.3, 0.4) is 0 Å². The van der Waals surface area contributed by atoms with E-state index in [-0.39, 0.29) is 29.5 Å². The van der Waals surface area contributed by atoms with Gasteiger partial charge in [-0.15, -0.1) is 0 Å². The number of carbonyl (C=O) groups excluding carboxylic acids is 2. The monoisotopic (exact) mass is 422 g/mol. The van der Waals surface area contributed by atoms with Gasteiger partial charge in [0.1, 0.15) is 5.71 Å². The Labute approximate surface area is 181 Å². The Kier molecular flexibility index (Phi) is 7.65. The van der Waals surface area contributed by atoms with E-state index in [4.69, 9.17) is 4.84 Å². The van der Waals surface area contributed by atoms with Crippen LogP contribution < -0.4 is 0 Å². The molecule has 0 spiro atoms. The number of benzene rings is 2. The van der Waals surface area contributed by atoms with Crippen LogP contribution >= 0.6 is 0 Å². The summed E-state index contributed by atoms with van der Waals surface area (Å²) in [4.78, 5) is 40.9. The summed E-state index contributed by atoms with van der Waals surface area (Å²) in [6.45, 7) is 1.87. The van der Waals surface area contributed by atoms with Crippen LogP contribution in [-0.2, 0) is 9.63 Å². The lowest BCUT2D eigenvalue weighted by molar-refractivity contribution is -0.384. The smallest absolute Gasteiger partial charge is 0.318 e. The molecule has 162 valence electrons. The third kappa shape index (κ3) is 5.63. The summed E-state index contributed by atoms with van der Waals surface area (Å²) in [5.74, 6) is -0.758. The lowest BCUT2D eigenvalue weighted by atomic mass is 9.83. The molecule has 2 aromatic rings. The van der Waals surface area contributed by atoms with Crippen molar-refractivity contribution in [1.82, 2.24) is 0 Å². The highest BCUT2D eigenvalue weighted by Crippen LogP contribution is 2.30. The van der Waals surface area contributed by atoms with Crippen molar-refractivity contribution in [2.75, 3.05) is 0 Å². The van der Waals surface area contributed by atoms with Crippen LogP contribution in [-0.4, -0.2) is 22.4 Å². The Morgan fingerprint density at radius 3 is 2.39 bits per heavy atom. The normalized spacial score (nSPS) is 14.8. The van der Waals surface area contributed by atoms with Crippen LogP contribution in [0, 0.1) is 16.0 Å². The van der Waals surface area contributed by atoms with Crippen LogP contribution in [0.15, 0.2) is 53.7 Å². The maximum atomic E-state index is 13.2. The van der Waals surface area contributed by atoms with Crippen molar-refractivity contribution >= 4 is 23.2 Å². The summed E-state index contributed by atoms with van der Waals surface area (Å²) in [6.07, 6.45) is 5.72. The third-order valence-corrected chi connectivity index (χ3v) is 5.48. The van der Waals surface area contributed by atoms with Crippen LogP contribution in [0.5, 0.6) is 0 Å². The molecule has 3 rings (SSSR count). The number of rotatable bonds is 8. The first kappa shape index (κ1) is 22.3. The molecule has 0 unspecified atom stereocenters. The van der Waals surface area contributed by atoms with E-state index in [9.17, 15) is 19.7 Å². The second-order valence-electron chi connectivity index (χ2n) is 7.71. The van der Waals surface area contributed by atoms with Gasteiger partial charge in [-0.1, -0.05) is 67.7 Å². The molecule has 1 fully saturated rings. The molecule has 0 N–H and O–H groups in total.